The van der Waals surface area contributed by atoms with Crippen molar-refractivity contribution in [2.45, 2.75) is 6.54 Å². The lowest BCUT2D eigenvalue weighted by atomic mass is 10.1. The van der Waals surface area contributed by atoms with Crippen LogP contribution in [0, 0.1) is 5.82 Å². The first-order chi connectivity index (χ1) is 15.1. The summed E-state index contributed by atoms with van der Waals surface area (Å²) in [6.45, 7) is 4.60. The van der Waals surface area contributed by atoms with Gasteiger partial charge in [0, 0.05) is 38.3 Å². The van der Waals surface area contributed by atoms with Crippen molar-refractivity contribution in [2.75, 3.05) is 43.9 Å². The standard InChI is InChI=1S/C22H23FN6OS/c1-30-18-4-2-3-15(13-18)14-27-9-11-28(12-10-27)22-26-29-20(24)19(25-21(29)31-22)16-5-7-17(23)8-6-16/h2-8,13H,9-12,14,24H2,1H3. The quantitative estimate of drug-likeness (QED) is 0.514. The molecule has 0 saturated carbocycles. The van der Waals surface area contributed by atoms with Crippen LogP contribution in [-0.4, -0.2) is 52.8 Å². The Hall–Kier alpha value is -3.17. The van der Waals surface area contributed by atoms with E-state index in [1.54, 1.807) is 23.8 Å². The smallest absolute Gasteiger partial charge is 0.216 e. The number of ether oxygens (including phenoxy) is 1. The number of methoxy groups -OCH3 is 1. The molecule has 9 heteroatoms. The van der Waals surface area contributed by atoms with Crippen LogP contribution in [0.15, 0.2) is 48.5 Å². The summed E-state index contributed by atoms with van der Waals surface area (Å²) in [7, 11) is 1.69. The molecule has 0 bridgehead atoms. The largest absolute Gasteiger partial charge is 0.497 e. The Bertz CT molecular complexity index is 1200. The van der Waals surface area contributed by atoms with Crippen LogP contribution in [0.3, 0.4) is 0 Å². The van der Waals surface area contributed by atoms with Crippen molar-refractivity contribution in [1.29, 1.82) is 0 Å². The van der Waals surface area contributed by atoms with Gasteiger partial charge in [0.2, 0.25) is 10.1 Å². The van der Waals surface area contributed by atoms with Gasteiger partial charge in [-0.3, -0.25) is 4.90 Å². The normalized spacial score (nSPS) is 15.0. The fourth-order valence-corrected chi connectivity index (χ4v) is 4.79. The molecule has 0 aliphatic carbocycles. The molecule has 1 saturated heterocycles. The molecule has 0 atom stereocenters. The third kappa shape index (κ3) is 3.94. The van der Waals surface area contributed by atoms with Crippen molar-refractivity contribution in [3.8, 4) is 17.0 Å². The maximum Gasteiger partial charge on any atom is 0.216 e. The molecule has 1 aliphatic heterocycles. The van der Waals surface area contributed by atoms with Gasteiger partial charge in [-0.1, -0.05) is 23.5 Å². The number of imidazole rings is 1. The van der Waals surface area contributed by atoms with Crippen LogP contribution in [0.1, 0.15) is 5.56 Å². The van der Waals surface area contributed by atoms with Gasteiger partial charge in [-0.05, 0) is 42.0 Å². The molecule has 7 nitrogen and oxygen atoms in total. The Kier molecular flexibility index (Phi) is 5.21. The van der Waals surface area contributed by atoms with E-state index in [0.717, 1.165) is 54.1 Å². The van der Waals surface area contributed by atoms with Crippen molar-refractivity contribution in [1.82, 2.24) is 19.5 Å². The topological polar surface area (TPSA) is 71.9 Å². The molecule has 2 N–H and O–H groups in total. The second kappa shape index (κ2) is 8.16. The highest BCUT2D eigenvalue weighted by molar-refractivity contribution is 7.20. The van der Waals surface area contributed by atoms with Crippen LogP contribution in [-0.2, 0) is 6.54 Å². The number of aromatic nitrogens is 3. The van der Waals surface area contributed by atoms with E-state index < -0.39 is 0 Å². The number of piperazine rings is 1. The van der Waals surface area contributed by atoms with Gasteiger partial charge in [-0.25, -0.2) is 9.37 Å². The first kappa shape index (κ1) is 19.8. The van der Waals surface area contributed by atoms with E-state index in [9.17, 15) is 4.39 Å². The molecular formula is C22H23FN6OS. The maximum absolute atomic E-state index is 13.2. The minimum absolute atomic E-state index is 0.283. The summed E-state index contributed by atoms with van der Waals surface area (Å²) < 4.78 is 20.2. The fraction of sp³-hybridized carbons (Fsp3) is 0.273. The monoisotopic (exact) mass is 438 g/mol. The molecule has 0 spiro atoms. The molecule has 1 aliphatic rings. The predicted molar refractivity (Wildman–Crippen MR) is 121 cm³/mol. The number of hydrogen-bond acceptors (Lipinski definition) is 7. The van der Waals surface area contributed by atoms with Gasteiger partial charge in [0.15, 0.2) is 5.82 Å². The first-order valence-electron chi connectivity index (χ1n) is 10.1. The van der Waals surface area contributed by atoms with Crippen LogP contribution in [0.5, 0.6) is 5.75 Å². The molecule has 2 aromatic heterocycles. The number of nitrogen functional groups attached to an aromatic ring is 1. The first-order valence-corrected chi connectivity index (χ1v) is 10.9. The summed E-state index contributed by atoms with van der Waals surface area (Å²) in [4.78, 5) is 10.1. The van der Waals surface area contributed by atoms with Gasteiger partial charge >= 0.3 is 0 Å². The number of nitrogens with two attached hydrogens (primary N) is 1. The van der Waals surface area contributed by atoms with Crippen LogP contribution in [0.4, 0.5) is 15.3 Å². The lowest BCUT2D eigenvalue weighted by molar-refractivity contribution is 0.249. The van der Waals surface area contributed by atoms with E-state index in [1.807, 2.05) is 12.1 Å². The maximum atomic E-state index is 13.2. The molecule has 160 valence electrons. The number of rotatable bonds is 5. The highest BCUT2D eigenvalue weighted by atomic mass is 32.1. The number of nitrogens with zero attached hydrogens (tertiary/aromatic N) is 5. The molecule has 31 heavy (non-hydrogen) atoms. The van der Waals surface area contributed by atoms with Crippen molar-refractivity contribution in [3.63, 3.8) is 0 Å². The number of anilines is 2. The van der Waals surface area contributed by atoms with E-state index in [2.05, 4.69) is 26.9 Å². The summed E-state index contributed by atoms with van der Waals surface area (Å²) in [5.74, 6) is 1.08. The Balaban J connectivity index is 1.27. The van der Waals surface area contributed by atoms with Gasteiger partial charge in [0.1, 0.15) is 17.3 Å². The van der Waals surface area contributed by atoms with Crippen LogP contribution in [0.2, 0.25) is 0 Å². The number of halogens is 1. The van der Waals surface area contributed by atoms with Crippen LogP contribution < -0.4 is 15.4 Å². The minimum Gasteiger partial charge on any atom is -0.497 e. The minimum atomic E-state index is -0.283. The zero-order chi connectivity index (χ0) is 21.4. The van der Waals surface area contributed by atoms with Crippen molar-refractivity contribution < 1.29 is 9.13 Å². The Labute approximate surface area is 183 Å². The highest BCUT2D eigenvalue weighted by Gasteiger charge is 2.22. The molecular weight excluding hydrogens is 415 g/mol. The average molecular weight is 439 g/mol. The summed E-state index contributed by atoms with van der Waals surface area (Å²) in [5.41, 5.74) is 8.96. The van der Waals surface area contributed by atoms with Crippen LogP contribution >= 0.6 is 11.3 Å². The SMILES string of the molecule is COc1cccc(CN2CCN(c3nn4c(N)c(-c5ccc(F)cc5)nc4s3)CC2)c1. The lowest BCUT2D eigenvalue weighted by Crippen LogP contribution is -2.46. The molecule has 0 radical (unpaired) electrons. The molecule has 0 amide bonds. The summed E-state index contributed by atoms with van der Waals surface area (Å²) >= 11 is 1.52. The molecule has 1 fully saturated rings. The van der Waals surface area contributed by atoms with E-state index >= 15 is 0 Å². The van der Waals surface area contributed by atoms with Crippen molar-refractivity contribution in [2.24, 2.45) is 0 Å². The lowest BCUT2D eigenvalue weighted by Gasteiger charge is -2.34. The van der Waals surface area contributed by atoms with Gasteiger partial charge in [-0.2, -0.15) is 4.52 Å². The van der Waals surface area contributed by atoms with Crippen LogP contribution in [0.25, 0.3) is 16.2 Å². The second-order valence-electron chi connectivity index (χ2n) is 7.55. The molecule has 5 rings (SSSR count). The Morgan fingerprint density at radius 2 is 1.87 bits per heavy atom. The molecule has 0 unspecified atom stereocenters. The average Bonchev–Trinajstić information content (AvgIpc) is 3.34. The third-order valence-electron chi connectivity index (χ3n) is 5.53. The van der Waals surface area contributed by atoms with E-state index in [4.69, 9.17) is 15.6 Å². The predicted octanol–water partition coefficient (Wildman–Crippen LogP) is 3.51. The Morgan fingerprint density at radius 1 is 1.10 bits per heavy atom. The number of hydrogen-bond donors (Lipinski definition) is 1. The highest BCUT2D eigenvalue weighted by Crippen LogP contribution is 2.32. The second-order valence-corrected chi connectivity index (χ2v) is 8.48. The molecule has 4 aromatic rings. The van der Waals surface area contributed by atoms with Gasteiger partial charge < -0.3 is 15.4 Å². The van der Waals surface area contributed by atoms with Gasteiger partial charge in [-0.15, -0.1) is 5.10 Å². The Morgan fingerprint density at radius 3 is 2.58 bits per heavy atom. The summed E-state index contributed by atoms with van der Waals surface area (Å²) in [5, 5.41) is 5.61. The fourth-order valence-electron chi connectivity index (χ4n) is 3.83. The van der Waals surface area contributed by atoms with Gasteiger partial charge in [0.25, 0.3) is 0 Å². The zero-order valence-electron chi connectivity index (χ0n) is 17.2. The summed E-state index contributed by atoms with van der Waals surface area (Å²) in [6, 6.07) is 14.4. The zero-order valence-corrected chi connectivity index (χ0v) is 18.0. The van der Waals surface area contributed by atoms with Crippen molar-refractivity contribution in [3.05, 3.63) is 59.9 Å². The third-order valence-corrected chi connectivity index (χ3v) is 6.50. The molecule has 3 heterocycles. The van der Waals surface area contributed by atoms with E-state index in [1.165, 1.54) is 29.0 Å². The van der Waals surface area contributed by atoms with E-state index in [-0.39, 0.29) is 5.82 Å². The summed E-state index contributed by atoms with van der Waals surface area (Å²) in [6.07, 6.45) is 0. The van der Waals surface area contributed by atoms with Gasteiger partial charge in [0.05, 0.1) is 7.11 Å². The number of fused-ring (bicyclic) bond motifs is 1. The molecule has 2 aromatic carbocycles. The number of benzene rings is 2. The van der Waals surface area contributed by atoms with Crippen molar-refractivity contribution >= 4 is 27.2 Å². The van der Waals surface area contributed by atoms with E-state index in [0.29, 0.717) is 11.5 Å².